The molecule has 0 aliphatic heterocycles. The van der Waals surface area contributed by atoms with Crippen LogP contribution in [0.1, 0.15) is 37.0 Å². The summed E-state index contributed by atoms with van der Waals surface area (Å²) in [5.41, 5.74) is 5.01. The molecule has 0 unspecified atom stereocenters. The molecule has 0 bridgehead atoms. The molecule has 1 aromatic heterocycles. The van der Waals surface area contributed by atoms with E-state index in [-0.39, 0.29) is 5.91 Å². The minimum absolute atomic E-state index is 0.190. The number of hydrogen-bond donors (Lipinski definition) is 1. The molecule has 2 aromatic rings. The number of hydrazone groups is 1. The lowest BCUT2D eigenvalue weighted by Gasteiger charge is -2.09. The highest BCUT2D eigenvalue weighted by atomic mass is 16.2. The Labute approximate surface area is 119 Å². The number of aromatic nitrogens is 1. The van der Waals surface area contributed by atoms with Crippen molar-refractivity contribution in [1.82, 2.24) is 9.99 Å². The van der Waals surface area contributed by atoms with E-state index in [4.69, 9.17) is 0 Å². The molecule has 0 radical (unpaired) electrons. The summed E-state index contributed by atoms with van der Waals surface area (Å²) in [7, 11) is 0. The van der Waals surface area contributed by atoms with Gasteiger partial charge in [0.2, 0.25) is 0 Å². The first-order valence-electron chi connectivity index (χ1n) is 6.78. The molecule has 4 heteroatoms. The number of hydrogen-bond acceptors (Lipinski definition) is 2. The summed E-state index contributed by atoms with van der Waals surface area (Å²) in [5, 5.41) is 4.12. The van der Waals surface area contributed by atoms with Crippen LogP contribution in [0.25, 0.3) is 5.69 Å². The van der Waals surface area contributed by atoms with Crippen LogP contribution in [0, 0.1) is 0 Å². The molecule has 104 valence electrons. The summed E-state index contributed by atoms with van der Waals surface area (Å²) in [4.78, 5) is 12.2. The van der Waals surface area contributed by atoms with E-state index in [1.807, 2.05) is 54.2 Å². The number of rotatable bonds is 5. The molecule has 20 heavy (non-hydrogen) atoms. The quantitative estimate of drug-likeness (QED) is 0.656. The number of benzene rings is 1. The van der Waals surface area contributed by atoms with Gasteiger partial charge in [0.05, 0.1) is 11.3 Å². The van der Waals surface area contributed by atoms with E-state index < -0.39 is 0 Å². The van der Waals surface area contributed by atoms with E-state index in [9.17, 15) is 4.79 Å². The maximum absolute atomic E-state index is 12.2. The van der Waals surface area contributed by atoms with E-state index in [1.54, 1.807) is 6.07 Å². The Morgan fingerprint density at radius 1 is 1.20 bits per heavy atom. The third-order valence-corrected chi connectivity index (χ3v) is 2.99. The smallest absolute Gasteiger partial charge is 0.273 e. The van der Waals surface area contributed by atoms with Crippen molar-refractivity contribution in [1.29, 1.82) is 0 Å². The van der Waals surface area contributed by atoms with Crippen molar-refractivity contribution in [2.45, 2.75) is 26.7 Å². The normalized spacial score (nSPS) is 11.4. The Bertz CT molecular complexity index is 600. The molecule has 4 nitrogen and oxygen atoms in total. The predicted octanol–water partition coefficient (Wildman–Crippen LogP) is 3.38. The standard InChI is InChI=1S/C16H19N3O/c1-3-8-13(2)17-18-16(20)14-9-4-5-10-15(14)19-11-6-7-12-19/h4-7,9-12H,3,8H2,1-2H3,(H,18,20)/b17-13-. The summed E-state index contributed by atoms with van der Waals surface area (Å²) in [6.07, 6.45) is 5.74. The van der Waals surface area contributed by atoms with Crippen LogP contribution in [0.2, 0.25) is 0 Å². The molecule has 0 saturated heterocycles. The Balaban J connectivity index is 2.21. The van der Waals surface area contributed by atoms with Crippen molar-refractivity contribution < 1.29 is 4.79 Å². The molecule has 0 atom stereocenters. The van der Waals surface area contributed by atoms with Gasteiger partial charge >= 0.3 is 0 Å². The van der Waals surface area contributed by atoms with E-state index in [0.717, 1.165) is 24.2 Å². The highest BCUT2D eigenvalue weighted by molar-refractivity contribution is 5.98. The van der Waals surface area contributed by atoms with Crippen molar-refractivity contribution in [3.63, 3.8) is 0 Å². The molecule has 0 spiro atoms. The first-order chi connectivity index (χ1) is 9.72. The molecule has 1 heterocycles. The Hall–Kier alpha value is -2.36. The lowest BCUT2D eigenvalue weighted by Crippen LogP contribution is -2.20. The Kier molecular flexibility index (Phi) is 4.71. The molecule has 2 rings (SSSR count). The van der Waals surface area contributed by atoms with Gasteiger partial charge in [-0.05, 0) is 37.6 Å². The second-order valence-electron chi connectivity index (χ2n) is 4.65. The van der Waals surface area contributed by atoms with Crippen molar-refractivity contribution in [3.05, 3.63) is 54.4 Å². The number of carbonyl (C=O) groups excluding carboxylic acids is 1. The van der Waals surface area contributed by atoms with Gasteiger partial charge in [-0.1, -0.05) is 25.5 Å². The zero-order chi connectivity index (χ0) is 14.4. The molecular formula is C16H19N3O. The fourth-order valence-corrected chi connectivity index (χ4v) is 2.01. The van der Waals surface area contributed by atoms with Gasteiger partial charge in [-0.25, -0.2) is 5.43 Å². The summed E-state index contributed by atoms with van der Waals surface area (Å²) < 4.78 is 1.91. The molecule has 0 aliphatic carbocycles. The lowest BCUT2D eigenvalue weighted by atomic mass is 10.1. The Morgan fingerprint density at radius 2 is 1.90 bits per heavy atom. The van der Waals surface area contributed by atoms with E-state index in [0.29, 0.717) is 5.56 Å². The zero-order valence-corrected chi connectivity index (χ0v) is 11.8. The monoisotopic (exact) mass is 269 g/mol. The number of amides is 1. The second kappa shape index (κ2) is 6.70. The largest absolute Gasteiger partial charge is 0.323 e. The zero-order valence-electron chi connectivity index (χ0n) is 11.8. The van der Waals surface area contributed by atoms with Crippen molar-refractivity contribution in [2.24, 2.45) is 5.10 Å². The molecule has 1 aromatic carbocycles. The van der Waals surface area contributed by atoms with Crippen molar-refractivity contribution in [2.75, 3.05) is 0 Å². The van der Waals surface area contributed by atoms with Gasteiger partial charge in [0.25, 0.3) is 5.91 Å². The summed E-state index contributed by atoms with van der Waals surface area (Å²) in [5.74, 6) is -0.190. The van der Waals surface area contributed by atoms with Crippen LogP contribution in [0.15, 0.2) is 53.9 Å². The van der Waals surface area contributed by atoms with Gasteiger partial charge in [0.15, 0.2) is 0 Å². The van der Waals surface area contributed by atoms with E-state index in [2.05, 4.69) is 17.5 Å². The average Bonchev–Trinajstić information content (AvgIpc) is 2.99. The highest BCUT2D eigenvalue weighted by Gasteiger charge is 2.11. The number of nitrogens with zero attached hydrogens (tertiary/aromatic N) is 2. The van der Waals surface area contributed by atoms with Gasteiger partial charge in [-0.15, -0.1) is 0 Å². The third kappa shape index (κ3) is 3.35. The van der Waals surface area contributed by atoms with Gasteiger partial charge in [0.1, 0.15) is 0 Å². The molecule has 1 N–H and O–H groups in total. The molecule has 1 amide bonds. The maximum Gasteiger partial charge on any atom is 0.273 e. The molecule has 0 fully saturated rings. The molecule has 0 aliphatic rings. The number of nitrogens with one attached hydrogen (secondary N) is 1. The predicted molar refractivity (Wildman–Crippen MR) is 81.3 cm³/mol. The van der Waals surface area contributed by atoms with Crippen LogP contribution in [0.5, 0.6) is 0 Å². The average molecular weight is 269 g/mol. The third-order valence-electron chi connectivity index (χ3n) is 2.99. The van der Waals surface area contributed by atoms with Crippen LogP contribution >= 0.6 is 0 Å². The number of para-hydroxylation sites is 1. The van der Waals surface area contributed by atoms with Gasteiger partial charge < -0.3 is 4.57 Å². The fourth-order valence-electron chi connectivity index (χ4n) is 2.01. The van der Waals surface area contributed by atoms with Gasteiger partial charge in [-0.3, -0.25) is 4.79 Å². The summed E-state index contributed by atoms with van der Waals surface area (Å²) >= 11 is 0. The maximum atomic E-state index is 12.2. The molecular weight excluding hydrogens is 250 g/mol. The summed E-state index contributed by atoms with van der Waals surface area (Å²) in [6.45, 7) is 4.00. The van der Waals surface area contributed by atoms with Crippen LogP contribution in [-0.2, 0) is 0 Å². The van der Waals surface area contributed by atoms with E-state index >= 15 is 0 Å². The lowest BCUT2D eigenvalue weighted by molar-refractivity contribution is 0.0954. The van der Waals surface area contributed by atoms with Crippen LogP contribution in [0.3, 0.4) is 0 Å². The van der Waals surface area contributed by atoms with Crippen molar-refractivity contribution >= 4 is 11.6 Å². The summed E-state index contributed by atoms with van der Waals surface area (Å²) in [6, 6.07) is 11.3. The van der Waals surface area contributed by atoms with Gasteiger partial charge in [0, 0.05) is 18.1 Å². The minimum atomic E-state index is -0.190. The first-order valence-corrected chi connectivity index (χ1v) is 6.78. The first kappa shape index (κ1) is 14.1. The fraction of sp³-hybridized carbons (Fsp3) is 0.250. The SMILES string of the molecule is CCC/C(C)=N\NC(=O)c1ccccc1-n1cccc1. The van der Waals surface area contributed by atoms with Crippen LogP contribution < -0.4 is 5.43 Å². The van der Waals surface area contributed by atoms with E-state index in [1.165, 1.54) is 0 Å². The topological polar surface area (TPSA) is 46.4 Å². The highest BCUT2D eigenvalue weighted by Crippen LogP contribution is 2.14. The van der Waals surface area contributed by atoms with Crippen LogP contribution in [0.4, 0.5) is 0 Å². The second-order valence-corrected chi connectivity index (χ2v) is 4.65. The molecule has 0 saturated carbocycles. The van der Waals surface area contributed by atoms with Gasteiger partial charge in [-0.2, -0.15) is 5.10 Å². The number of carbonyl (C=O) groups is 1. The minimum Gasteiger partial charge on any atom is -0.323 e. The van der Waals surface area contributed by atoms with Crippen LogP contribution in [-0.4, -0.2) is 16.2 Å². The van der Waals surface area contributed by atoms with Crippen molar-refractivity contribution in [3.8, 4) is 5.69 Å². The Morgan fingerprint density at radius 3 is 2.60 bits per heavy atom.